The molecule has 2 aliphatic heterocycles. The lowest BCUT2D eigenvalue weighted by Crippen LogP contribution is -2.46. The third-order valence-corrected chi connectivity index (χ3v) is 5.83. The summed E-state index contributed by atoms with van der Waals surface area (Å²) in [6, 6.07) is 8.72. The third-order valence-electron chi connectivity index (χ3n) is 5.57. The number of likely N-dealkylation sites (tertiary alicyclic amines) is 1. The van der Waals surface area contributed by atoms with Crippen molar-refractivity contribution in [3.63, 3.8) is 0 Å². The van der Waals surface area contributed by atoms with Crippen LogP contribution in [-0.4, -0.2) is 43.0 Å². The Morgan fingerprint density at radius 3 is 2.80 bits per heavy atom. The highest BCUT2D eigenvalue weighted by atomic mass is 35.5. The quantitative estimate of drug-likeness (QED) is 0.814. The lowest BCUT2D eigenvalue weighted by molar-refractivity contribution is -0.123. The highest BCUT2D eigenvalue weighted by Gasteiger charge is 2.27. The van der Waals surface area contributed by atoms with E-state index in [9.17, 15) is 4.79 Å². The van der Waals surface area contributed by atoms with Crippen LogP contribution in [0.3, 0.4) is 0 Å². The van der Waals surface area contributed by atoms with Crippen LogP contribution in [0.15, 0.2) is 24.3 Å². The van der Waals surface area contributed by atoms with Crippen LogP contribution < -0.4 is 10.6 Å². The molecule has 1 aromatic carbocycles. The van der Waals surface area contributed by atoms with Crippen molar-refractivity contribution >= 4 is 17.5 Å². The summed E-state index contributed by atoms with van der Waals surface area (Å²) in [5.41, 5.74) is 1.34. The van der Waals surface area contributed by atoms with Gasteiger partial charge in [0.1, 0.15) is 0 Å². The van der Waals surface area contributed by atoms with Gasteiger partial charge < -0.3 is 10.6 Å². The molecule has 2 heterocycles. The topological polar surface area (TPSA) is 44.4 Å². The van der Waals surface area contributed by atoms with Crippen LogP contribution in [0.2, 0.25) is 5.02 Å². The molecule has 0 radical (unpaired) electrons. The SMILES string of the molecule is CCC(c1ccc(Cl)cc1)N1CCCC(CNC(=O)C2CCCN2)C1. The van der Waals surface area contributed by atoms with Gasteiger partial charge in [-0.15, -0.1) is 0 Å². The van der Waals surface area contributed by atoms with E-state index in [0.29, 0.717) is 12.0 Å². The van der Waals surface area contributed by atoms with Crippen molar-refractivity contribution in [3.05, 3.63) is 34.9 Å². The summed E-state index contributed by atoms with van der Waals surface area (Å²) < 4.78 is 0. The number of halogens is 1. The number of rotatable bonds is 6. The van der Waals surface area contributed by atoms with Crippen molar-refractivity contribution in [2.75, 3.05) is 26.2 Å². The first-order valence-corrected chi connectivity index (χ1v) is 10.1. The maximum atomic E-state index is 12.2. The maximum absolute atomic E-state index is 12.2. The first-order chi connectivity index (χ1) is 12.2. The Morgan fingerprint density at radius 2 is 2.12 bits per heavy atom. The van der Waals surface area contributed by atoms with Crippen molar-refractivity contribution in [1.29, 1.82) is 0 Å². The zero-order valence-electron chi connectivity index (χ0n) is 15.1. The van der Waals surface area contributed by atoms with Gasteiger partial charge in [-0.05, 0) is 68.8 Å². The summed E-state index contributed by atoms with van der Waals surface area (Å²) >= 11 is 6.03. The predicted octanol–water partition coefficient (Wildman–Crippen LogP) is 3.37. The largest absolute Gasteiger partial charge is 0.354 e. The summed E-state index contributed by atoms with van der Waals surface area (Å²) in [5.74, 6) is 0.722. The van der Waals surface area contributed by atoms with Gasteiger partial charge >= 0.3 is 0 Å². The number of nitrogens with one attached hydrogen (secondary N) is 2. The van der Waals surface area contributed by atoms with E-state index in [-0.39, 0.29) is 11.9 Å². The fourth-order valence-corrected chi connectivity index (χ4v) is 4.34. The highest BCUT2D eigenvalue weighted by Crippen LogP contribution is 2.29. The minimum absolute atomic E-state index is 0.0251. The van der Waals surface area contributed by atoms with E-state index in [2.05, 4.69) is 34.6 Å². The molecule has 138 valence electrons. The molecule has 0 aliphatic carbocycles. The fourth-order valence-electron chi connectivity index (χ4n) is 4.21. The van der Waals surface area contributed by atoms with Crippen LogP contribution >= 0.6 is 11.6 Å². The second-order valence-corrected chi connectivity index (χ2v) is 7.81. The molecule has 2 saturated heterocycles. The molecule has 1 aromatic rings. The normalized spacial score (nSPS) is 25.7. The molecule has 3 atom stereocenters. The van der Waals surface area contributed by atoms with Crippen molar-refractivity contribution in [3.8, 4) is 0 Å². The van der Waals surface area contributed by atoms with Crippen LogP contribution in [0.5, 0.6) is 0 Å². The molecule has 3 rings (SSSR count). The van der Waals surface area contributed by atoms with Gasteiger partial charge in [0, 0.05) is 24.2 Å². The summed E-state index contributed by atoms with van der Waals surface area (Å²) in [6.45, 7) is 6.20. The number of benzene rings is 1. The van der Waals surface area contributed by atoms with Crippen LogP contribution in [0, 0.1) is 5.92 Å². The number of carbonyl (C=O) groups is 1. The standard InChI is InChI=1S/C20H30ClN3O/c1-2-19(16-7-9-17(21)10-8-16)24-12-4-5-15(14-24)13-23-20(25)18-6-3-11-22-18/h7-10,15,18-19,22H,2-6,11-14H2,1H3,(H,23,25). The van der Waals surface area contributed by atoms with Crippen molar-refractivity contribution in [1.82, 2.24) is 15.5 Å². The van der Waals surface area contributed by atoms with Crippen LogP contribution in [-0.2, 0) is 4.79 Å². The van der Waals surface area contributed by atoms with Gasteiger partial charge in [-0.2, -0.15) is 0 Å². The molecule has 2 aliphatic rings. The van der Waals surface area contributed by atoms with Crippen molar-refractivity contribution < 1.29 is 4.79 Å². The Bertz CT molecular complexity index is 557. The number of piperidine rings is 1. The highest BCUT2D eigenvalue weighted by molar-refractivity contribution is 6.30. The molecule has 2 N–H and O–H groups in total. The molecule has 0 bridgehead atoms. The van der Waals surface area contributed by atoms with Crippen LogP contribution in [0.25, 0.3) is 0 Å². The average molecular weight is 364 g/mol. The zero-order valence-corrected chi connectivity index (χ0v) is 15.9. The number of carbonyl (C=O) groups excluding carboxylic acids is 1. The van der Waals surface area contributed by atoms with Gasteiger partial charge in [-0.25, -0.2) is 0 Å². The van der Waals surface area contributed by atoms with E-state index in [1.54, 1.807) is 0 Å². The number of nitrogens with zero attached hydrogens (tertiary/aromatic N) is 1. The maximum Gasteiger partial charge on any atom is 0.237 e. The second kappa shape index (κ2) is 9.02. The minimum atomic E-state index is 0.0251. The second-order valence-electron chi connectivity index (χ2n) is 7.37. The number of hydrogen-bond acceptors (Lipinski definition) is 3. The lowest BCUT2D eigenvalue weighted by atomic mass is 9.93. The predicted molar refractivity (Wildman–Crippen MR) is 103 cm³/mol. The summed E-state index contributed by atoms with van der Waals surface area (Å²) in [7, 11) is 0. The first kappa shape index (κ1) is 18.7. The third kappa shape index (κ3) is 4.96. The van der Waals surface area contributed by atoms with Gasteiger partial charge in [0.25, 0.3) is 0 Å². The van der Waals surface area contributed by atoms with E-state index >= 15 is 0 Å². The molecule has 4 nitrogen and oxygen atoms in total. The molecule has 1 amide bonds. The van der Waals surface area contributed by atoms with Gasteiger partial charge in [0.2, 0.25) is 5.91 Å². The molecular weight excluding hydrogens is 334 g/mol. The Hall–Kier alpha value is -1.10. The van der Waals surface area contributed by atoms with E-state index in [4.69, 9.17) is 11.6 Å². The molecule has 2 fully saturated rings. The molecule has 3 unspecified atom stereocenters. The Kier molecular flexibility index (Phi) is 6.74. The van der Waals surface area contributed by atoms with Crippen LogP contribution in [0.1, 0.15) is 50.6 Å². The Morgan fingerprint density at radius 1 is 1.32 bits per heavy atom. The van der Waals surface area contributed by atoms with E-state index in [1.807, 2.05) is 12.1 Å². The smallest absolute Gasteiger partial charge is 0.237 e. The Balaban J connectivity index is 1.54. The average Bonchev–Trinajstić information content (AvgIpc) is 3.17. The molecule has 25 heavy (non-hydrogen) atoms. The number of hydrogen-bond donors (Lipinski definition) is 2. The monoisotopic (exact) mass is 363 g/mol. The lowest BCUT2D eigenvalue weighted by Gasteiger charge is -2.38. The Labute approximate surface area is 156 Å². The van der Waals surface area contributed by atoms with Gasteiger partial charge in [0.15, 0.2) is 0 Å². The molecule has 0 spiro atoms. The summed E-state index contributed by atoms with van der Waals surface area (Å²) in [6.07, 6.45) is 5.57. The molecule has 0 saturated carbocycles. The minimum Gasteiger partial charge on any atom is -0.354 e. The van der Waals surface area contributed by atoms with Crippen molar-refractivity contribution in [2.45, 2.75) is 51.1 Å². The van der Waals surface area contributed by atoms with Gasteiger partial charge in [-0.3, -0.25) is 9.69 Å². The molecule has 5 heteroatoms. The first-order valence-electron chi connectivity index (χ1n) is 9.68. The van der Waals surface area contributed by atoms with Crippen molar-refractivity contribution in [2.24, 2.45) is 5.92 Å². The van der Waals surface area contributed by atoms with E-state index in [1.165, 1.54) is 18.4 Å². The zero-order chi connectivity index (χ0) is 17.6. The molecular formula is C20H30ClN3O. The van der Waals surface area contributed by atoms with E-state index < -0.39 is 0 Å². The van der Waals surface area contributed by atoms with Crippen LogP contribution in [0.4, 0.5) is 0 Å². The molecule has 0 aromatic heterocycles. The fraction of sp³-hybridized carbons (Fsp3) is 0.650. The van der Waals surface area contributed by atoms with E-state index in [0.717, 1.165) is 50.5 Å². The summed E-state index contributed by atoms with van der Waals surface area (Å²) in [5, 5.41) is 7.24. The number of amides is 1. The van der Waals surface area contributed by atoms with Gasteiger partial charge in [0.05, 0.1) is 6.04 Å². The van der Waals surface area contributed by atoms with Gasteiger partial charge in [-0.1, -0.05) is 30.7 Å². The summed E-state index contributed by atoms with van der Waals surface area (Å²) in [4.78, 5) is 14.8.